The van der Waals surface area contributed by atoms with Crippen LogP contribution in [0.25, 0.3) is 0 Å². The summed E-state index contributed by atoms with van der Waals surface area (Å²) in [6.45, 7) is 7.51. The van der Waals surface area contributed by atoms with E-state index in [0.717, 1.165) is 24.5 Å². The van der Waals surface area contributed by atoms with Crippen LogP contribution < -0.4 is 15.8 Å². The molecule has 0 bridgehead atoms. The number of primary sulfonamides is 1. The molecule has 0 amide bonds. The van der Waals surface area contributed by atoms with Crippen molar-refractivity contribution in [2.45, 2.75) is 31.8 Å². The Labute approximate surface area is 179 Å². The van der Waals surface area contributed by atoms with Crippen molar-refractivity contribution in [3.8, 4) is 0 Å². The predicted molar refractivity (Wildman–Crippen MR) is 121 cm³/mol. The first-order valence-corrected chi connectivity index (χ1v) is 11.7. The maximum atomic E-state index is 11.3. The average molecular weight is 433 g/mol. The van der Waals surface area contributed by atoms with Gasteiger partial charge in [-0.25, -0.2) is 13.6 Å². The molecule has 2 aromatic carbocycles. The molecule has 2 aromatic rings. The molecule has 7 nitrogen and oxygen atoms in total. The molecule has 4 N–H and O–H groups in total. The summed E-state index contributed by atoms with van der Waals surface area (Å²) in [7, 11) is -3.65. The zero-order chi connectivity index (χ0) is 21.8. The van der Waals surface area contributed by atoms with Crippen molar-refractivity contribution >= 4 is 16.0 Å². The quantitative estimate of drug-likeness (QED) is 0.373. The lowest BCUT2D eigenvalue weighted by Crippen LogP contribution is -2.38. The van der Waals surface area contributed by atoms with Crippen molar-refractivity contribution < 1.29 is 13.2 Å². The number of ether oxygens (including phenoxy) is 1. The number of nitrogens with one attached hydrogen (secondary N) is 2. The second-order valence-electron chi connectivity index (χ2n) is 7.19. The minimum atomic E-state index is -3.65. The van der Waals surface area contributed by atoms with Crippen LogP contribution in [0.15, 0.2) is 64.5 Å². The molecule has 30 heavy (non-hydrogen) atoms. The smallest absolute Gasteiger partial charge is 0.238 e. The molecule has 1 atom stereocenters. The molecule has 164 valence electrons. The molecule has 0 aliphatic heterocycles. The Morgan fingerprint density at radius 3 is 2.40 bits per heavy atom. The fourth-order valence-corrected chi connectivity index (χ4v) is 3.28. The number of hydrogen-bond donors (Lipinski definition) is 3. The van der Waals surface area contributed by atoms with E-state index in [9.17, 15) is 8.42 Å². The minimum Gasteiger partial charge on any atom is -0.376 e. The molecule has 0 aliphatic rings. The molecular weight excluding hydrogens is 400 g/mol. The summed E-state index contributed by atoms with van der Waals surface area (Å²) < 4.78 is 28.4. The SMILES string of the molecule is CCNC(=NCC(C)COCc1ccccc1)NCCc1ccc(S(N)(=O)=O)cc1. The van der Waals surface area contributed by atoms with Crippen molar-refractivity contribution in [3.05, 3.63) is 65.7 Å². The van der Waals surface area contributed by atoms with Crippen LogP contribution in [0, 0.1) is 5.92 Å². The number of guanidine groups is 1. The third kappa shape index (κ3) is 8.94. The minimum absolute atomic E-state index is 0.123. The molecule has 0 fully saturated rings. The molecule has 1 unspecified atom stereocenters. The van der Waals surface area contributed by atoms with Crippen molar-refractivity contribution in [1.29, 1.82) is 0 Å². The van der Waals surface area contributed by atoms with E-state index >= 15 is 0 Å². The van der Waals surface area contributed by atoms with Crippen LogP contribution in [-0.4, -0.2) is 40.6 Å². The highest BCUT2D eigenvalue weighted by molar-refractivity contribution is 7.89. The molecule has 0 radical (unpaired) electrons. The van der Waals surface area contributed by atoms with E-state index in [0.29, 0.717) is 32.2 Å². The fourth-order valence-electron chi connectivity index (χ4n) is 2.76. The van der Waals surface area contributed by atoms with Gasteiger partial charge < -0.3 is 15.4 Å². The van der Waals surface area contributed by atoms with Gasteiger partial charge in [0.05, 0.1) is 18.1 Å². The molecule has 2 rings (SSSR count). The predicted octanol–water partition coefficient (Wildman–Crippen LogP) is 2.28. The van der Waals surface area contributed by atoms with Gasteiger partial charge in [-0.2, -0.15) is 0 Å². The Morgan fingerprint density at radius 2 is 1.77 bits per heavy atom. The molecule has 0 saturated carbocycles. The first kappa shape index (κ1) is 23.9. The van der Waals surface area contributed by atoms with Crippen LogP contribution in [0.5, 0.6) is 0 Å². The van der Waals surface area contributed by atoms with Gasteiger partial charge in [0.1, 0.15) is 0 Å². The number of rotatable bonds is 11. The topological polar surface area (TPSA) is 106 Å². The number of hydrogen-bond acceptors (Lipinski definition) is 4. The summed E-state index contributed by atoms with van der Waals surface area (Å²) in [5.41, 5.74) is 2.19. The van der Waals surface area contributed by atoms with Crippen molar-refractivity contribution in [2.24, 2.45) is 16.0 Å². The van der Waals surface area contributed by atoms with Crippen LogP contribution >= 0.6 is 0 Å². The van der Waals surface area contributed by atoms with Crippen LogP contribution in [0.2, 0.25) is 0 Å². The van der Waals surface area contributed by atoms with E-state index in [2.05, 4.69) is 34.7 Å². The Morgan fingerprint density at radius 1 is 1.07 bits per heavy atom. The molecule has 0 aliphatic carbocycles. The Hall–Kier alpha value is -2.42. The number of benzene rings is 2. The highest BCUT2D eigenvalue weighted by atomic mass is 32.2. The van der Waals surface area contributed by atoms with Gasteiger partial charge in [-0.05, 0) is 42.5 Å². The largest absolute Gasteiger partial charge is 0.376 e. The van der Waals surface area contributed by atoms with E-state index in [4.69, 9.17) is 9.88 Å². The highest BCUT2D eigenvalue weighted by Crippen LogP contribution is 2.09. The lowest BCUT2D eigenvalue weighted by molar-refractivity contribution is 0.0945. The Balaban J connectivity index is 1.75. The third-order valence-corrected chi connectivity index (χ3v) is 5.31. The average Bonchev–Trinajstić information content (AvgIpc) is 2.72. The standard InChI is InChI=1S/C22H32N4O3S/c1-3-24-22(25-14-13-19-9-11-21(12-10-19)30(23,27)28)26-15-18(2)16-29-17-20-7-5-4-6-8-20/h4-12,18H,3,13-17H2,1-2H3,(H2,23,27,28)(H2,24,25,26). The van der Waals surface area contributed by atoms with E-state index in [1.54, 1.807) is 12.1 Å². The zero-order valence-corrected chi connectivity index (χ0v) is 18.5. The van der Waals surface area contributed by atoms with Gasteiger partial charge in [0, 0.05) is 19.6 Å². The van der Waals surface area contributed by atoms with Gasteiger partial charge in [0.2, 0.25) is 10.0 Å². The Kier molecular flexibility index (Phi) is 9.79. The van der Waals surface area contributed by atoms with Crippen molar-refractivity contribution in [3.63, 3.8) is 0 Å². The monoisotopic (exact) mass is 432 g/mol. The van der Waals surface area contributed by atoms with E-state index in [-0.39, 0.29) is 4.90 Å². The lowest BCUT2D eigenvalue weighted by atomic mass is 10.1. The second kappa shape index (κ2) is 12.3. The maximum Gasteiger partial charge on any atom is 0.238 e. The highest BCUT2D eigenvalue weighted by Gasteiger charge is 2.07. The second-order valence-corrected chi connectivity index (χ2v) is 8.75. The number of aliphatic imine (C=N–C) groups is 1. The first-order valence-electron chi connectivity index (χ1n) is 10.1. The van der Waals surface area contributed by atoms with Gasteiger partial charge in [0.25, 0.3) is 0 Å². The van der Waals surface area contributed by atoms with E-state index in [1.807, 2.05) is 25.1 Å². The number of nitrogens with two attached hydrogens (primary N) is 1. The first-order chi connectivity index (χ1) is 14.4. The van der Waals surface area contributed by atoms with Crippen LogP contribution in [-0.2, 0) is 27.8 Å². The number of sulfonamides is 1. The van der Waals surface area contributed by atoms with E-state index < -0.39 is 10.0 Å². The van der Waals surface area contributed by atoms with Crippen LogP contribution in [0.1, 0.15) is 25.0 Å². The van der Waals surface area contributed by atoms with Gasteiger partial charge >= 0.3 is 0 Å². The molecule has 0 saturated heterocycles. The Bertz CT molecular complexity index is 884. The van der Waals surface area contributed by atoms with Gasteiger partial charge in [-0.15, -0.1) is 0 Å². The van der Waals surface area contributed by atoms with Gasteiger partial charge in [0.15, 0.2) is 5.96 Å². The maximum absolute atomic E-state index is 11.3. The summed E-state index contributed by atoms with van der Waals surface area (Å²) in [6, 6.07) is 16.7. The summed E-state index contributed by atoms with van der Waals surface area (Å²) in [5.74, 6) is 1.06. The molecule has 0 spiro atoms. The molecule has 0 heterocycles. The third-order valence-electron chi connectivity index (χ3n) is 4.38. The summed E-state index contributed by atoms with van der Waals surface area (Å²) in [6.07, 6.45) is 0.741. The normalized spacial score (nSPS) is 13.1. The van der Waals surface area contributed by atoms with Crippen molar-refractivity contribution in [2.75, 3.05) is 26.2 Å². The fraction of sp³-hybridized carbons (Fsp3) is 0.409. The van der Waals surface area contributed by atoms with Gasteiger partial charge in [-0.1, -0.05) is 49.4 Å². The lowest BCUT2D eigenvalue weighted by Gasteiger charge is -2.14. The molecular formula is C22H32N4O3S. The van der Waals surface area contributed by atoms with Gasteiger partial charge in [-0.3, -0.25) is 4.99 Å². The molecule has 0 aromatic heterocycles. The molecule has 8 heteroatoms. The summed E-state index contributed by atoms with van der Waals surface area (Å²) in [5, 5.41) is 11.7. The summed E-state index contributed by atoms with van der Waals surface area (Å²) in [4.78, 5) is 4.76. The zero-order valence-electron chi connectivity index (χ0n) is 17.7. The summed E-state index contributed by atoms with van der Waals surface area (Å²) >= 11 is 0. The van der Waals surface area contributed by atoms with Crippen LogP contribution in [0.4, 0.5) is 0 Å². The van der Waals surface area contributed by atoms with Crippen LogP contribution in [0.3, 0.4) is 0 Å². The number of nitrogens with zero attached hydrogens (tertiary/aromatic N) is 1. The van der Waals surface area contributed by atoms with Crippen molar-refractivity contribution in [1.82, 2.24) is 10.6 Å². The van der Waals surface area contributed by atoms with E-state index in [1.165, 1.54) is 17.7 Å².